The van der Waals surface area contributed by atoms with Gasteiger partial charge in [0.2, 0.25) is 0 Å². The number of fused-ring (bicyclic) bond motifs is 1. The molecule has 0 aliphatic carbocycles. The highest BCUT2D eigenvalue weighted by Crippen LogP contribution is 2.37. The average Bonchev–Trinajstić information content (AvgIpc) is 2.69. The van der Waals surface area contributed by atoms with Crippen LogP contribution in [0.2, 0.25) is 0 Å². The van der Waals surface area contributed by atoms with E-state index in [9.17, 15) is 5.11 Å². The summed E-state index contributed by atoms with van der Waals surface area (Å²) in [7, 11) is 0. The predicted octanol–water partition coefficient (Wildman–Crippen LogP) is 8.23. The average molecular weight is 409 g/mol. The molecule has 0 aromatic heterocycles. The number of benzene rings is 1. The van der Waals surface area contributed by atoms with Gasteiger partial charge in [-0.25, -0.2) is 0 Å². The van der Waals surface area contributed by atoms with Crippen molar-refractivity contribution in [3.63, 3.8) is 0 Å². The highest BCUT2D eigenvalue weighted by molar-refractivity contribution is 5.41. The number of aryl methyl sites for hydroxylation is 1. The van der Waals surface area contributed by atoms with E-state index in [2.05, 4.69) is 65.8 Å². The minimum absolute atomic E-state index is 0.125. The topological polar surface area (TPSA) is 29.5 Å². The number of allylic oxidation sites excluding steroid dienone is 8. The van der Waals surface area contributed by atoms with E-state index < -0.39 is 0 Å². The number of hydrogen-bond acceptors (Lipinski definition) is 2. The van der Waals surface area contributed by atoms with Gasteiger partial charge in [0.1, 0.15) is 17.1 Å². The maximum atomic E-state index is 9.64. The van der Waals surface area contributed by atoms with Crippen molar-refractivity contribution in [3.8, 4) is 11.5 Å². The van der Waals surface area contributed by atoms with E-state index in [-0.39, 0.29) is 5.60 Å². The first-order valence-corrected chi connectivity index (χ1v) is 11.3. The highest BCUT2D eigenvalue weighted by atomic mass is 16.5. The first kappa shape index (κ1) is 24.1. The molecule has 0 saturated heterocycles. The van der Waals surface area contributed by atoms with Crippen LogP contribution < -0.4 is 4.74 Å². The van der Waals surface area contributed by atoms with Crippen molar-refractivity contribution in [2.75, 3.05) is 0 Å². The second-order valence-electron chi connectivity index (χ2n) is 9.43. The largest absolute Gasteiger partial charge is 0.508 e. The Morgan fingerprint density at radius 3 is 2.17 bits per heavy atom. The highest BCUT2D eigenvalue weighted by Gasteiger charge is 2.30. The van der Waals surface area contributed by atoms with Gasteiger partial charge in [-0.15, -0.1) is 0 Å². The van der Waals surface area contributed by atoms with Gasteiger partial charge in [-0.2, -0.15) is 0 Å². The molecule has 0 spiro atoms. The molecule has 1 atom stereocenters. The van der Waals surface area contributed by atoms with Crippen LogP contribution in [0.1, 0.15) is 85.6 Å². The summed E-state index contributed by atoms with van der Waals surface area (Å²) in [6, 6.07) is 5.43. The minimum Gasteiger partial charge on any atom is -0.508 e. The first-order chi connectivity index (χ1) is 14.2. The monoisotopic (exact) mass is 408 g/mol. The quantitative estimate of drug-likeness (QED) is 0.417. The molecule has 164 valence electrons. The molecule has 0 saturated carbocycles. The fourth-order valence-electron chi connectivity index (χ4n) is 3.66. The van der Waals surface area contributed by atoms with Gasteiger partial charge in [0, 0.05) is 0 Å². The standard InChI is InChI=1S/C28H40O2/c1-21(2)9-10-23(4)13-14-24(5)12-11-22(3)8-7-18-28(6)19-17-25-20-26(29)15-16-27(25)30-28/h8-9,12-13,15-16,20,29H,7,10-11,14,17-19H2,1-6H3/b22-8+,23-13+,24-12+. The van der Waals surface area contributed by atoms with E-state index in [1.165, 1.54) is 22.3 Å². The summed E-state index contributed by atoms with van der Waals surface area (Å²) in [6.07, 6.45) is 16.5. The summed E-state index contributed by atoms with van der Waals surface area (Å²) in [5, 5.41) is 9.64. The summed E-state index contributed by atoms with van der Waals surface area (Å²) in [5.41, 5.74) is 6.66. The van der Waals surface area contributed by atoms with Gasteiger partial charge >= 0.3 is 0 Å². The SMILES string of the molecule is CC(C)=CC/C(C)=C/C/C(C)=C/C/C(C)=C/CCC1(C)CCc2cc(O)ccc2O1. The molecule has 1 unspecified atom stereocenters. The molecule has 0 radical (unpaired) electrons. The second-order valence-corrected chi connectivity index (χ2v) is 9.43. The van der Waals surface area contributed by atoms with Crippen molar-refractivity contribution >= 4 is 0 Å². The van der Waals surface area contributed by atoms with Gasteiger partial charge in [-0.1, -0.05) is 46.6 Å². The maximum Gasteiger partial charge on any atom is 0.123 e. The van der Waals surface area contributed by atoms with E-state index >= 15 is 0 Å². The molecule has 1 aliphatic heterocycles. The third-order valence-corrected chi connectivity index (χ3v) is 5.87. The van der Waals surface area contributed by atoms with E-state index in [0.29, 0.717) is 5.75 Å². The molecule has 0 bridgehead atoms. The molecule has 2 rings (SSSR count). The van der Waals surface area contributed by atoms with Crippen LogP contribution in [-0.2, 0) is 6.42 Å². The molecule has 1 aromatic rings. The van der Waals surface area contributed by atoms with E-state index in [0.717, 1.165) is 56.3 Å². The molecular weight excluding hydrogens is 368 g/mol. The Morgan fingerprint density at radius 2 is 1.53 bits per heavy atom. The van der Waals surface area contributed by atoms with Crippen LogP contribution in [0.3, 0.4) is 0 Å². The zero-order valence-corrected chi connectivity index (χ0v) is 19.8. The Morgan fingerprint density at radius 1 is 0.933 bits per heavy atom. The molecule has 0 amide bonds. The molecule has 2 heteroatoms. The summed E-state index contributed by atoms with van der Waals surface area (Å²) in [6.45, 7) is 13.2. The zero-order chi connectivity index (χ0) is 22.1. The van der Waals surface area contributed by atoms with Gasteiger partial charge in [0.25, 0.3) is 0 Å². The molecule has 1 heterocycles. The number of aromatic hydroxyl groups is 1. The van der Waals surface area contributed by atoms with Crippen molar-refractivity contribution in [1.29, 1.82) is 0 Å². The molecule has 2 nitrogen and oxygen atoms in total. The molecule has 1 N–H and O–H groups in total. The Labute approximate surface area is 184 Å². The van der Waals surface area contributed by atoms with Crippen molar-refractivity contribution in [2.24, 2.45) is 0 Å². The van der Waals surface area contributed by atoms with Crippen LogP contribution in [0.4, 0.5) is 0 Å². The van der Waals surface area contributed by atoms with Crippen LogP contribution in [-0.4, -0.2) is 10.7 Å². The second kappa shape index (κ2) is 11.2. The van der Waals surface area contributed by atoms with Crippen molar-refractivity contribution in [1.82, 2.24) is 0 Å². The molecule has 1 aliphatic rings. The third-order valence-electron chi connectivity index (χ3n) is 5.87. The summed E-state index contributed by atoms with van der Waals surface area (Å²) < 4.78 is 6.28. The van der Waals surface area contributed by atoms with Crippen LogP contribution in [0, 0.1) is 0 Å². The van der Waals surface area contributed by atoms with Gasteiger partial charge in [0.05, 0.1) is 0 Å². The van der Waals surface area contributed by atoms with Crippen LogP contribution >= 0.6 is 0 Å². The minimum atomic E-state index is -0.125. The first-order valence-electron chi connectivity index (χ1n) is 11.3. The summed E-state index contributed by atoms with van der Waals surface area (Å²) in [5.74, 6) is 1.25. The van der Waals surface area contributed by atoms with Crippen molar-refractivity contribution in [3.05, 3.63) is 70.4 Å². The van der Waals surface area contributed by atoms with Crippen molar-refractivity contribution < 1.29 is 9.84 Å². The molecular formula is C28H40O2. The number of hydrogen-bond donors (Lipinski definition) is 1. The predicted molar refractivity (Wildman–Crippen MR) is 129 cm³/mol. The van der Waals surface area contributed by atoms with Crippen molar-refractivity contribution in [2.45, 2.75) is 92.1 Å². The molecule has 0 fully saturated rings. The Bertz CT molecular complexity index is 834. The van der Waals surface area contributed by atoms with Gasteiger partial charge in [-0.05, 0) is 110 Å². The Kier molecular flexibility index (Phi) is 9.02. The Balaban J connectivity index is 1.79. The van der Waals surface area contributed by atoms with E-state index in [1.54, 1.807) is 6.07 Å². The van der Waals surface area contributed by atoms with Crippen LogP contribution in [0.5, 0.6) is 11.5 Å². The van der Waals surface area contributed by atoms with Gasteiger partial charge in [-0.3, -0.25) is 0 Å². The smallest absolute Gasteiger partial charge is 0.123 e. The number of phenols is 1. The normalized spacial score (nSPS) is 19.9. The van der Waals surface area contributed by atoms with Crippen LogP contribution in [0.25, 0.3) is 0 Å². The molecule has 1 aromatic carbocycles. The lowest BCUT2D eigenvalue weighted by Crippen LogP contribution is -2.36. The number of phenolic OH excluding ortho intramolecular Hbond substituents is 1. The van der Waals surface area contributed by atoms with E-state index in [4.69, 9.17) is 4.74 Å². The number of ether oxygens (including phenoxy) is 1. The van der Waals surface area contributed by atoms with Gasteiger partial charge < -0.3 is 9.84 Å². The lowest BCUT2D eigenvalue weighted by molar-refractivity contribution is 0.0570. The molecule has 30 heavy (non-hydrogen) atoms. The van der Waals surface area contributed by atoms with Gasteiger partial charge in [0.15, 0.2) is 0 Å². The fraction of sp³-hybridized carbons (Fsp3) is 0.500. The summed E-state index contributed by atoms with van der Waals surface area (Å²) >= 11 is 0. The summed E-state index contributed by atoms with van der Waals surface area (Å²) in [4.78, 5) is 0. The maximum absolute atomic E-state index is 9.64. The van der Waals surface area contributed by atoms with E-state index in [1.807, 2.05) is 12.1 Å². The Hall–Kier alpha value is -2.22. The van der Waals surface area contributed by atoms with Crippen LogP contribution in [0.15, 0.2) is 64.8 Å². The number of rotatable bonds is 9. The lowest BCUT2D eigenvalue weighted by Gasteiger charge is -2.35. The zero-order valence-electron chi connectivity index (χ0n) is 19.8. The fourth-order valence-corrected chi connectivity index (χ4v) is 3.66. The lowest BCUT2D eigenvalue weighted by atomic mass is 9.88. The third kappa shape index (κ3) is 8.26.